The first-order valence-electron chi connectivity index (χ1n) is 6.81. The Balaban J connectivity index is 3.09. The van der Waals surface area contributed by atoms with Crippen molar-refractivity contribution >= 4 is 5.69 Å². The highest BCUT2D eigenvalue weighted by molar-refractivity contribution is 5.38. The Morgan fingerprint density at radius 1 is 1.42 bits per heavy atom. The van der Waals surface area contributed by atoms with E-state index in [-0.39, 0.29) is 28.5 Å². The summed E-state index contributed by atoms with van der Waals surface area (Å²) in [6.45, 7) is 9.23. The van der Waals surface area contributed by atoms with Crippen LogP contribution in [0.3, 0.4) is 0 Å². The SMILES string of the molecule is CCCNC(C)C(c1ncccc1[N+](=O)[O-])C(C)C. The molecule has 106 valence electrons. The van der Waals surface area contributed by atoms with Gasteiger partial charge in [-0.2, -0.15) is 0 Å². The summed E-state index contributed by atoms with van der Waals surface area (Å²) >= 11 is 0. The van der Waals surface area contributed by atoms with Crippen molar-refractivity contribution in [1.82, 2.24) is 10.3 Å². The van der Waals surface area contributed by atoms with Crippen molar-refractivity contribution in [3.05, 3.63) is 34.1 Å². The molecular weight excluding hydrogens is 242 g/mol. The topological polar surface area (TPSA) is 68.1 Å². The van der Waals surface area contributed by atoms with E-state index >= 15 is 0 Å². The van der Waals surface area contributed by atoms with Crippen LogP contribution in [0.1, 0.15) is 45.7 Å². The number of nitro groups is 1. The molecular formula is C14H23N3O2. The number of aromatic nitrogens is 1. The van der Waals surface area contributed by atoms with E-state index in [2.05, 4.69) is 38.0 Å². The van der Waals surface area contributed by atoms with Gasteiger partial charge in [-0.25, -0.2) is 0 Å². The van der Waals surface area contributed by atoms with Gasteiger partial charge in [0.15, 0.2) is 0 Å². The second kappa shape index (κ2) is 7.19. The molecule has 19 heavy (non-hydrogen) atoms. The average Bonchev–Trinajstić information content (AvgIpc) is 2.36. The number of nitrogens with zero attached hydrogens (tertiary/aromatic N) is 2. The molecule has 1 aromatic rings. The van der Waals surface area contributed by atoms with Crippen LogP contribution in [-0.2, 0) is 0 Å². The standard InChI is InChI=1S/C14H23N3O2/c1-5-8-15-11(4)13(10(2)3)14-12(17(18)19)7-6-9-16-14/h6-7,9-11,13,15H,5,8H2,1-4H3. The average molecular weight is 265 g/mol. The zero-order valence-electron chi connectivity index (χ0n) is 12.1. The molecule has 0 bridgehead atoms. The summed E-state index contributed by atoms with van der Waals surface area (Å²) in [5.41, 5.74) is 0.699. The summed E-state index contributed by atoms with van der Waals surface area (Å²) in [4.78, 5) is 15.1. The molecule has 0 aliphatic rings. The van der Waals surface area contributed by atoms with Crippen LogP contribution in [-0.4, -0.2) is 22.5 Å². The first kappa shape index (κ1) is 15.6. The predicted molar refractivity (Wildman–Crippen MR) is 76.2 cm³/mol. The lowest BCUT2D eigenvalue weighted by Crippen LogP contribution is -2.35. The molecule has 1 aromatic heterocycles. The molecule has 0 aromatic carbocycles. The molecule has 1 heterocycles. The maximum Gasteiger partial charge on any atom is 0.291 e. The van der Waals surface area contributed by atoms with Crippen molar-refractivity contribution in [2.45, 2.75) is 46.1 Å². The van der Waals surface area contributed by atoms with E-state index in [1.54, 1.807) is 12.3 Å². The first-order valence-corrected chi connectivity index (χ1v) is 6.81. The normalized spacial score (nSPS) is 14.4. The minimum absolute atomic E-state index is 0.0353. The van der Waals surface area contributed by atoms with Crippen LogP contribution in [0.4, 0.5) is 5.69 Å². The third kappa shape index (κ3) is 3.99. The third-order valence-corrected chi connectivity index (χ3v) is 3.30. The zero-order chi connectivity index (χ0) is 14.4. The van der Waals surface area contributed by atoms with Gasteiger partial charge in [-0.05, 0) is 31.9 Å². The third-order valence-electron chi connectivity index (χ3n) is 3.30. The molecule has 0 saturated heterocycles. The minimum Gasteiger partial charge on any atom is -0.314 e. The first-order chi connectivity index (χ1) is 8.99. The lowest BCUT2D eigenvalue weighted by Gasteiger charge is -2.27. The molecule has 0 aliphatic heterocycles. The number of hydrogen-bond donors (Lipinski definition) is 1. The molecule has 0 aliphatic carbocycles. The Bertz CT molecular complexity index is 421. The fourth-order valence-electron chi connectivity index (χ4n) is 2.45. The summed E-state index contributed by atoms with van der Waals surface area (Å²) < 4.78 is 0. The van der Waals surface area contributed by atoms with Gasteiger partial charge in [0.05, 0.1) is 4.92 Å². The fraction of sp³-hybridized carbons (Fsp3) is 0.643. The molecule has 0 amide bonds. The molecule has 1 N–H and O–H groups in total. The van der Waals surface area contributed by atoms with Gasteiger partial charge in [-0.3, -0.25) is 15.1 Å². The lowest BCUT2D eigenvalue weighted by atomic mass is 9.85. The smallest absolute Gasteiger partial charge is 0.291 e. The molecule has 2 atom stereocenters. The van der Waals surface area contributed by atoms with Crippen LogP contribution < -0.4 is 5.32 Å². The van der Waals surface area contributed by atoms with Crippen molar-refractivity contribution in [3.63, 3.8) is 0 Å². The molecule has 0 fully saturated rings. The highest BCUT2D eigenvalue weighted by Crippen LogP contribution is 2.32. The number of pyridine rings is 1. The highest BCUT2D eigenvalue weighted by Gasteiger charge is 2.30. The largest absolute Gasteiger partial charge is 0.314 e. The van der Waals surface area contributed by atoms with Gasteiger partial charge in [-0.15, -0.1) is 0 Å². The number of nitrogens with one attached hydrogen (secondary N) is 1. The lowest BCUT2D eigenvalue weighted by molar-refractivity contribution is -0.386. The minimum atomic E-state index is -0.343. The van der Waals surface area contributed by atoms with Gasteiger partial charge >= 0.3 is 0 Å². The second-order valence-electron chi connectivity index (χ2n) is 5.18. The molecule has 1 rings (SSSR count). The quantitative estimate of drug-likeness (QED) is 0.607. The van der Waals surface area contributed by atoms with Crippen molar-refractivity contribution in [2.75, 3.05) is 6.54 Å². The number of rotatable bonds is 7. The maximum absolute atomic E-state index is 11.1. The van der Waals surface area contributed by atoms with Crippen LogP contribution in [0.15, 0.2) is 18.3 Å². The van der Waals surface area contributed by atoms with E-state index in [0.717, 1.165) is 13.0 Å². The van der Waals surface area contributed by atoms with Gasteiger partial charge in [0, 0.05) is 24.2 Å². The van der Waals surface area contributed by atoms with Crippen molar-refractivity contribution in [3.8, 4) is 0 Å². The molecule has 0 radical (unpaired) electrons. The van der Waals surface area contributed by atoms with Crippen molar-refractivity contribution in [2.24, 2.45) is 5.92 Å². The Hall–Kier alpha value is -1.49. The van der Waals surface area contributed by atoms with Crippen LogP contribution in [0.2, 0.25) is 0 Å². The second-order valence-corrected chi connectivity index (χ2v) is 5.18. The van der Waals surface area contributed by atoms with E-state index < -0.39 is 0 Å². The maximum atomic E-state index is 11.1. The summed E-state index contributed by atoms with van der Waals surface area (Å²) in [6.07, 6.45) is 2.67. The van der Waals surface area contributed by atoms with Gasteiger partial charge in [0.1, 0.15) is 5.69 Å². The van der Waals surface area contributed by atoms with E-state index in [0.29, 0.717) is 5.69 Å². The summed E-state index contributed by atoms with van der Waals surface area (Å²) in [7, 11) is 0. The van der Waals surface area contributed by atoms with Gasteiger partial charge in [-0.1, -0.05) is 20.8 Å². The van der Waals surface area contributed by atoms with Crippen molar-refractivity contribution in [1.29, 1.82) is 0 Å². The van der Waals surface area contributed by atoms with Crippen LogP contribution in [0, 0.1) is 16.0 Å². The monoisotopic (exact) mass is 265 g/mol. The Morgan fingerprint density at radius 2 is 2.11 bits per heavy atom. The Morgan fingerprint density at radius 3 is 2.63 bits per heavy atom. The fourth-order valence-corrected chi connectivity index (χ4v) is 2.45. The van der Waals surface area contributed by atoms with E-state index in [9.17, 15) is 10.1 Å². The van der Waals surface area contributed by atoms with E-state index in [1.807, 2.05) is 0 Å². The van der Waals surface area contributed by atoms with Gasteiger partial charge in [0.2, 0.25) is 0 Å². The van der Waals surface area contributed by atoms with Crippen LogP contribution in [0.5, 0.6) is 0 Å². The molecule has 2 unspecified atom stereocenters. The summed E-state index contributed by atoms with van der Waals surface area (Å²) in [5, 5.41) is 14.5. The van der Waals surface area contributed by atoms with Gasteiger partial charge in [0.25, 0.3) is 5.69 Å². The van der Waals surface area contributed by atoms with E-state index in [1.165, 1.54) is 6.07 Å². The highest BCUT2D eigenvalue weighted by atomic mass is 16.6. The predicted octanol–water partition coefficient (Wildman–Crippen LogP) is 3.12. The van der Waals surface area contributed by atoms with Gasteiger partial charge < -0.3 is 5.32 Å². The van der Waals surface area contributed by atoms with E-state index in [4.69, 9.17) is 0 Å². The molecule has 5 heteroatoms. The Kier molecular flexibility index (Phi) is 5.89. The summed E-state index contributed by atoms with van der Waals surface area (Å²) in [5.74, 6) is 0.320. The molecule has 0 spiro atoms. The van der Waals surface area contributed by atoms with Crippen LogP contribution >= 0.6 is 0 Å². The van der Waals surface area contributed by atoms with Crippen molar-refractivity contribution < 1.29 is 4.92 Å². The molecule has 0 saturated carbocycles. The Labute approximate surface area is 114 Å². The zero-order valence-corrected chi connectivity index (χ0v) is 12.1. The molecule has 5 nitrogen and oxygen atoms in total. The van der Waals surface area contributed by atoms with Crippen LogP contribution in [0.25, 0.3) is 0 Å². The summed E-state index contributed by atoms with van der Waals surface area (Å²) in [6, 6.07) is 3.31. The number of hydrogen-bond acceptors (Lipinski definition) is 4.